The van der Waals surface area contributed by atoms with Crippen LogP contribution in [0.15, 0.2) is 72.8 Å². The molecule has 4 aromatic carbocycles. The van der Waals surface area contributed by atoms with Gasteiger partial charge in [-0.3, -0.25) is 19.2 Å². The number of rotatable bonds is 4. The molecule has 4 aromatic rings. The van der Waals surface area contributed by atoms with E-state index in [0.29, 0.717) is 99.5 Å². The van der Waals surface area contributed by atoms with Gasteiger partial charge in [0.1, 0.15) is 11.5 Å². The smallest absolute Gasteiger partial charge is 0.264 e. The second kappa shape index (κ2) is 27.8. The van der Waals surface area contributed by atoms with Crippen LogP contribution in [0.2, 0.25) is 10.0 Å². The number of amides is 4. The summed E-state index contributed by atoms with van der Waals surface area (Å²) in [7, 11) is -1.10. The fourth-order valence-electron chi connectivity index (χ4n) is 17.7. The molecule has 4 heterocycles. The predicted octanol–water partition coefficient (Wildman–Crippen LogP) is 11.1. The molecule has 0 saturated heterocycles. The van der Waals surface area contributed by atoms with Crippen molar-refractivity contribution in [3.63, 3.8) is 0 Å². The number of aliphatic hydroxyl groups is 2. The number of nitrogens with zero attached hydrogens (tertiary/aromatic N) is 4. The molecule has 0 aromatic heterocycles. The highest BCUT2D eigenvalue weighted by atomic mass is 35.5. The Balaban J connectivity index is 0.000000195. The highest BCUT2D eigenvalue weighted by Gasteiger charge is 2.55. The van der Waals surface area contributed by atoms with Crippen LogP contribution in [0, 0.1) is 47.3 Å². The molecule has 22 heteroatoms. The van der Waals surface area contributed by atoms with Gasteiger partial charge in [0.15, 0.2) is 0 Å². The average Bonchev–Trinajstić information content (AvgIpc) is 1.14. The molecule has 4 aliphatic carbocycles. The number of anilines is 2. The van der Waals surface area contributed by atoms with Crippen molar-refractivity contribution in [2.24, 2.45) is 47.3 Å². The lowest BCUT2D eigenvalue weighted by Gasteiger charge is -2.52. The van der Waals surface area contributed by atoms with E-state index in [1.54, 1.807) is 88.2 Å². The lowest BCUT2D eigenvalue weighted by atomic mass is 9.59. The second-order valence-electron chi connectivity index (χ2n) is 30.5. The molecule has 18 nitrogen and oxygen atoms in total. The first-order valence-corrected chi connectivity index (χ1v) is 38.8. The molecule has 2 saturated carbocycles. The topological polar surface area (TPSA) is 232 Å². The Kier molecular flexibility index (Phi) is 20.8. The van der Waals surface area contributed by atoms with E-state index in [4.69, 9.17) is 32.7 Å². The van der Waals surface area contributed by atoms with E-state index in [0.717, 1.165) is 75.6 Å². The molecule has 2 fully saturated rings. The molecule has 0 radical (unpaired) electrons. The fourth-order valence-corrected chi connectivity index (χ4v) is 20.7. The monoisotopic (exact) mass is 1400 g/mol. The zero-order valence-electron chi connectivity index (χ0n) is 57.6. The van der Waals surface area contributed by atoms with Crippen molar-refractivity contribution in [3.8, 4) is 11.5 Å². The molecule has 4 amide bonds. The summed E-state index contributed by atoms with van der Waals surface area (Å²) in [6, 6.07) is 22.6. The van der Waals surface area contributed by atoms with Crippen LogP contribution in [0.1, 0.15) is 174 Å². The van der Waals surface area contributed by atoms with Gasteiger partial charge in [-0.25, -0.2) is 26.3 Å². The predicted molar refractivity (Wildman–Crippen MR) is 376 cm³/mol. The van der Waals surface area contributed by atoms with Crippen molar-refractivity contribution < 1.29 is 55.7 Å². The number of hydrogen-bond donors (Lipinski definition) is 4. The number of hydrogen-bond acceptors (Lipinski definition) is 14. The van der Waals surface area contributed by atoms with Crippen LogP contribution in [0.5, 0.6) is 11.5 Å². The van der Waals surface area contributed by atoms with Crippen LogP contribution in [0.3, 0.4) is 0 Å². The molecule has 4 bridgehead atoms. The molecule has 96 heavy (non-hydrogen) atoms. The van der Waals surface area contributed by atoms with Gasteiger partial charge >= 0.3 is 0 Å². The summed E-state index contributed by atoms with van der Waals surface area (Å²) in [5.41, 5.74) is 3.67. The maximum Gasteiger partial charge on any atom is 0.264 e. The van der Waals surface area contributed by atoms with Crippen molar-refractivity contribution in [3.05, 3.63) is 116 Å². The number of ether oxygens (including phenoxy) is 2. The van der Waals surface area contributed by atoms with Crippen LogP contribution in [-0.4, -0.2) is 150 Å². The zero-order chi connectivity index (χ0) is 69.2. The van der Waals surface area contributed by atoms with Crippen LogP contribution in [0.4, 0.5) is 11.4 Å². The standard InChI is InChI=1S/2C37H50ClN3O6S/c2*1-23-8-6-17-37(44,24(2)35(43)40(4)5)31-13-10-28(31)20-41-21-36(16-7-9-26-18-29(38)12-14-30(26)36)22-47-33-15-11-27(19-32(33)41)34(42)39-48(45,46)25(23)3/h2*11-12,14-15,18-19,23-25,28,31,44H,6-10,13,16-17,20-22H2,1-5H3,(H,39,42)/t23-,24-,25+,28-,31+,36-,37+;23-,24-,25+,28-,31+,36-,37-/m00/s1. The normalized spacial score (nSPS) is 32.4. The molecule has 2 spiro atoms. The molecule has 0 unspecified atom stereocenters. The number of carbonyl (C=O) groups is 4. The number of carbonyl (C=O) groups excluding carboxylic acids is 4. The minimum absolute atomic E-state index is 0.103. The molecular formula is C74H100Cl2N6O12S2. The van der Waals surface area contributed by atoms with E-state index in [1.165, 1.54) is 22.3 Å². The third-order valence-electron chi connectivity index (χ3n) is 24.3. The van der Waals surface area contributed by atoms with Gasteiger partial charge in [0.25, 0.3) is 11.8 Å². The second-order valence-corrected chi connectivity index (χ2v) is 35.4. The summed E-state index contributed by atoms with van der Waals surface area (Å²) in [5, 5.41) is 24.9. The molecule has 8 aliphatic rings. The first kappa shape index (κ1) is 71.6. The Bertz CT molecular complexity index is 3610. The summed E-state index contributed by atoms with van der Waals surface area (Å²) in [6.45, 7) is 14.0. The van der Waals surface area contributed by atoms with Crippen LogP contribution < -0.4 is 28.7 Å². The maximum atomic E-state index is 13.5. The third kappa shape index (κ3) is 13.9. The molecular weight excluding hydrogens is 1300 g/mol. The van der Waals surface area contributed by atoms with E-state index >= 15 is 0 Å². The summed E-state index contributed by atoms with van der Waals surface area (Å²) >= 11 is 12.9. The van der Waals surface area contributed by atoms with Crippen molar-refractivity contribution >= 4 is 78.3 Å². The number of fused-ring (bicyclic) bond motifs is 8. The van der Waals surface area contributed by atoms with Gasteiger partial charge < -0.3 is 39.3 Å². The van der Waals surface area contributed by atoms with Crippen LogP contribution in [-0.2, 0) is 53.3 Å². The zero-order valence-corrected chi connectivity index (χ0v) is 60.7. The average molecular weight is 1400 g/mol. The summed E-state index contributed by atoms with van der Waals surface area (Å²) in [4.78, 5) is 61.5. The molecule has 524 valence electrons. The largest absolute Gasteiger partial charge is 0.490 e. The van der Waals surface area contributed by atoms with Crippen LogP contribution in [0.25, 0.3) is 0 Å². The lowest BCUT2D eigenvalue weighted by molar-refractivity contribution is -0.160. The van der Waals surface area contributed by atoms with Gasteiger partial charge in [-0.15, -0.1) is 0 Å². The fraction of sp³-hybridized carbons (Fsp3) is 0.622. The summed E-state index contributed by atoms with van der Waals surface area (Å²) < 4.78 is 71.6. The van der Waals surface area contributed by atoms with E-state index in [-0.39, 0.29) is 69.3 Å². The van der Waals surface area contributed by atoms with Crippen molar-refractivity contribution in [1.82, 2.24) is 19.2 Å². The number of nitrogens with one attached hydrogen (secondary N) is 2. The minimum Gasteiger partial charge on any atom is -0.490 e. The van der Waals surface area contributed by atoms with Gasteiger partial charge in [0.2, 0.25) is 31.9 Å². The Morgan fingerprint density at radius 1 is 0.552 bits per heavy atom. The first-order valence-electron chi connectivity index (χ1n) is 34.9. The lowest BCUT2D eigenvalue weighted by Crippen LogP contribution is -2.57. The van der Waals surface area contributed by atoms with Gasteiger partial charge in [-0.2, -0.15) is 0 Å². The third-order valence-corrected chi connectivity index (χ3v) is 28.6. The number of aryl methyl sites for hydroxylation is 2. The summed E-state index contributed by atoms with van der Waals surface area (Å²) in [5.74, 6) is -2.09. The van der Waals surface area contributed by atoms with E-state index < -0.39 is 65.4 Å². The first-order chi connectivity index (χ1) is 45.3. The Morgan fingerprint density at radius 3 is 1.29 bits per heavy atom. The Labute approximate surface area is 579 Å². The van der Waals surface area contributed by atoms with Crippen molar-refractivity contribution in [2.45, 2.75) is 177 Å². The Morgan fingerprint density at radius 2 is 0.938 bits per heavy atom. The Hall–Kier alpha value is -5.64. The molecule has 12 rings (SSSR count). The summed E-state index contributed by atoms with van der Waals surface area (Å²) in [6.07, 6.45) is 12.1. The highest BCUT2D eigenvalue weighted by molar-refractivity contribution is 7.91. The number of sulfonamides is 2. The van der Waals surface area contributed by atoms with Crippen molar-refractivity contribution in [2.75, 3.05) is 77.4 Å². The quantitative estimate of drug-likeness (QED) is 0.149. The van der Waals surface area contributed by atoms with Crippen molar-refractivity contribution in [1.29, 1.82) is 0 Å². The number of benzene rings is 4. The van der Waals surface area contributed by atoms with Gasteiger partial charge in [-0.1, -0.05) is 75.9 Å². The van der Waals surface area contributed by atoms with E-state index in [9.17, 15) is 46.2 Å². The number of halogens is 2. The SMILES string of the molecule is C[C@@H]1[C@@H](C)CCC[C@@](O)([C@@H](C)C(=O)N(C)C)[C@@H]2CC[C@H]2CN2C[C@@]3(CCCc4cc(Cl)ccc43)COc3ccc(cc32)C(=O)NS1(=O)=O.C[C@@H]1[C@@H](C)CCC[C@](O)([C@@H](C)C(=O)N(C)C)[C@@H]2CC[C@H]2CN2C[C@@]3(CCCc4cc(Cl)ccc43)COc3ccc(cc32)C(=O)NS1(=O)=O. The highest BCUT2D eigenvalue weighted by Crippen LogP contribution is 2.54. The maximum absolute atomic E-state index is 13.5. The molecule has 14 atom stereocenters. The van der Waals surface area contributed by atoms with E-state index in [1.807, 2.05) is 39.8 Å². The van der Waals surface area contributed by atoms with Gasteiger partial charge in [0.05, 0.1) is 58.1 Å². The molecule has 4 aliphatic heterocycles. The minimum atomic E-state index is -3.99. The van der Waals surface area contributed by atoms with Gasteiger partial charge in [-0.05, 0) is 222 Å². The van der Waals surface area contributed by atoms with Gasteiger partial charge in [0, 0.05) is 86.4 Å². The van der Waals surface area contributed by atoms with Crippen LogP contribution >= 0.6 is 23.2 Å². The molecule has 4 N–H and O–H groups in total. The van der Waals surface area contributed by atoms with E-state index in [2.05, 4.69) is 43.5 Å².